The molecular weight excluding hydrogens is 364 g/mol. The lowest BCUT2D eigenvalue weighted by Gasteiger charge is -2.37. The Hall–Kier alpha value is -2.37. The summed E-state index contributed by atoms with van der Waals surface area (Å²) >= 11 is 5.86. The molecule has 2 N–H and O–H groups in total. The van der Waals surface area contributed by atoms with E-state index in [2.05, 4.69) is 10.2 Å². The number of hydrogen-bond acceptors (Lipinski definition) is 3. The fourth-order valence-electron chi connectivity index (χ4n) is 3.55. The van der Waals surface area contributed by atoms with Crippen molar-refractivity contribution in [2.24, 2.45) is 5.92 Å². The number of carbonyl (C=O) groups excluding carboxylic acids is 1. The van der Waals surface area contributed by atoms with Gasteiger partial charge in [-0.15, -0.1) is 0 Å². The number of aliphatic carboxylic acids is 1. The number of nitrogens with zero attached hydrogens (tertiary/aromatic N) is 1. The van der Waals surface area contributed by atoms with Crippen LogP contribution >= 0.6 is 11.6 Å². The van der Waals surface area contributed by atoms with Gasteiger partial charge in [-0.1, -0.05) is 23.7 Å². The largest absolute Gasteiger partial charge is 0.481 e. The van der Waals surface area contributed by atoms with Crippen molar-refractivity contribution in [2.75, 3.05) is 11.9 Å². The van der Waals surface area contributed by atoms with Gasteiger partial charge in [-0.3, -0.25) is 14.5 Å². The second-order valence-electron chi connectivity index (χ2n) is 6.96. The number of nitrogens with one attached hydrogen (secondary N) is 1. The maximum Gasteiger partial charge on any atom is 0.308 e. The minimum Gasteiger partial charge on any atom is -0.481 e. The zero-order valence-electron chi connectivity index (χ0n) is 15.2. The van der Waals surface area contributed by atoms with E-state index in [0.29, 0.717) is 22.8 Å². The highest BCUT2D eigenvalue weighted by molar-refractivity contribution is 6.30. The van der Waals surface area contributed by atoms with E-state index < -0.39 is 5.97 Å². The minimum absolute atomic E-state index is 0.0106. The molecule has 1 aliphatic rings. The van der Waals surface area contributed by atoms with Crippen molar-refractivity contribution in [1.29, 1.82) is 0 Å². The SMILES string of the molecule is C[C@@H]1[C@H](C(=O)O)CCCN1Cc1cccc(NC(=O)c2ccc(Cl)cc2)c1. The number of amides is 1. The molecule has 2 aromatic carbocycles. The van der Waals surface area contributed by atoms with Crippen LogP contribution in [-0.2, 0) is 11.3 Å². The lowest BCUT2D eigenvalue weighted by molar-refractivity contribution is -0.145. The number of piperidine rings is 1. The minimum atomic E-state index is -0.726. The number of halogens is 1. The molecule has 3 rings (SSSR count). The van der Waals surface area contributed by atoms with Gasteiger partial charge in [0.15, 0.2) is 0 Å². The molecule has 1 amide bonds. The van der Waals surface area contributed by atoms with E-state index in [9.17, 15) is 14.7 Å². The van der Waals surface area contributed by atoms with Gasteiger partial charge in [0.05, 0.1) is 5.92 Å². The predicted octanol–water partition coefficient (Wildman–Crippen LogP) is 4.28. The van der Waals surface area contributed by atoms with E-state index >= 15 is 0 Å². The summed E-state index contributed by atoms with van der Waals surface area (Å²) in [5.41, 5.74) is 2.30. The molecular formula is C21H23ClN2O3. The van der Waals surface area contributed by atoms with E-state index in [1.54, 1.807) is 24.3 Å². The molecule has 27 heavy (non-hydrogen) atoms. The van der Waals surface area contributed by atoms with Gasteiger partial charge >= 0.3 is 5.97 Å². The van der Waals surface area contributed by atoms with Crippen LogP contribution in [-0.4, -0.2) is 34.5 Å². The predicted molar refractivity (Wildman–Crippen MR) is 106 cm³/mol. The van der Waals surface area contributed by atoms with Gasteiger partial charge in [0.2, 0.25) is 0 Å². The number of likely N-dealkylation sites (tertiary alicyclic amines) is 1. The molecule has 1 heterocycles. The summed E-state index contributed by atoms with van der Waals surface area (Å²) in [6.45, 7) is 3.52. The first kappa shape index (κ1) is 19.4. The highest BCUT2D eigenvalue weighted by Crippen LogP contribution is 2.26. The van der Waals surface area contributed by atoms with Crippen LogP contribution in [0.1, 0.15) is 35.7 Å². The number of benzene rings is 2. The Morgan fingerprint density at radius 3 is 2.67 bits per heavy atom. The highest BCUT2D eigenvalue weighted by atomic mass is 35.5. The van der Waals surface area contributed by atoms with Gasteiger partial charge in [-0.2, -0.15) is 0 Å². The van der Waals surface area contributed by atoms with Gasteiger partial charge in [0.25, 0.3) is 5.91 Å². The van der Waals surface area contributed by atoms with Crippen molar-refractivity contribution >= 4 is 29.2 Å². The average Bonchev–Trinajstić information content (AvgIpc) is 2.64. The van der Waals surface area contributed by atoms with Crippen LogP contribution in [0.2, 0.25) is 5.02 Å². The summed E-state index contributed by atoms with van der Waals surface area (Å²) in [6.07, 6.45) is 1.61. The normalized spacial score (nSPS) is 20.2. The molecule has 0 bridgehead atoms. The number of carboxylic acid groups (broad SMARTS) is 1. The maximum atomic E-state index is 12.4. The van der Waals surface area contributed by atoms with Crippen molar-refractivity contribution in [3.05, 3.63) is 64.7 Å². The van der Waals surface area contributed by atoms with E-state index in [1.165, 1.54) is 0 Å². The number of hydrogen-bond donors (Lipinski definition) is 2. The molecule has 2 aromatic rings. The third-order valence-electron chi connectivity index (χ3n) is 5.11. The number of carbonyl (C=O) groups is 2. The molecule has 0 saturated carbocycles. The van der Waals surface area contributed by atoms with E-state index in [0.717, 1.165) is 24.9 Å². The fourth-order valence-corrected chi connectivity index (χ4v) is 3.68. The highest BCUT2D eigenvalue weighted by Gasteiger charge is 2.32. The van der Waals surface area contributed by atoms with Crippen LogP contribution in [0.4, 0.5) is 5.69 Å². The third-order valence-corrected chi connectivity index (χ3v) is 5.36. The second kappa shape index (κ2) is 8.55. The first-order chi connectivity index (χ1) is 12.9. The Bertz CT molecular complexity index is 822. The zero-order valence-corrected chi connectivity index (χ0v) is 15.9. The summed E-state index contributed by atoms with van der Waals surface area (Å²) < 4.78 is 0. The Morgan fingerprint density at radius 1 is 1.22 bits per heavy atom. The van der Waals surface area contributed by atoms with Gasteiger partial charge < -0.3 is 10.4 Å². The first-order valence-corrected chi connectivity index (χ1v) is 9.44. The van der Waals surface area contributed by atoms with Gasteiger partial charge in [0.1, 0.15) is 0 Å². The quantitative estimate of drug-likeness (QED) is 0.804. The Balaban J connectivity index is 1.67. The van der Waals surface area contributed by atoms with Gasteiger partial charge in [0, 0.05) is 28.9 Å². The molecule has 5 nitrogen and oxygen atoms in total. The smallest absolute Gasteiger partial charge is 0.308 e. The second-order valence-corrected chi connectivity index (χ2v) is 7.40. The lowest BCUT2D eigenvalue weighted by Crippen LogP contribution is -2.45. The third kappa shape index (κ3) is 4.87. The van der Waals surface area contributed by atoms with Crippen molar-refractivity contribution in [1.82, 2.24) is 4.90 Å². The molecule has 142 valence electrons. The molecule has 0 aromatic heterocycles. The fraction of sp³-hybridized carbons (Fsp3) is 0.333. The van der Waals surface area contributed by atoms with Crippen LogP contribution in [0.15, 0.2) is 48.5 Å². The molecule has 1 aliphatic heterocycles. The van der Waals surface area contributed by atoms with Crippen molar-refractivity contribution in [3.63, 3.8) is 0 Å². The molecule has 2 atom stereocenters. The van der Waals surface area contributed by atoms with Crippen LogP contribution in [0.3, 0.4) is 0 Å². The maximum absolute atomic E-state index is 12.4. The molecule has 0 radical (unpaired) electrons. The number of carboxylic acids is 1. The van der Waals surface area contributed by atoms with Crippen molar-refractivity contribution in [2.45, 2.75) is 32.4 Å². The van der Waals surface area contributed by atoms with Crippen LogP contribution in [0.5, 0.6) is 0 Å². The Morgan fingerprint density at radius 2 is 1.96 bits per heavy atom. The lowest BCUT2D eigenvalue weighted by atomic mass is 9.90. The molecule has 0 unspecified atom stereocenters. The summed E-state index contributed by atoms with van der Waals surface area (Å²) in [5, 5.41) is 12.9. The van der Waals surface area contributed by atoms with Crippen LogP contribution in [0, 0.1) is 5.92 Å². The van der Waals surface area contributed by atoms with Crippen LogP contribution in [0.25, 0.3) is 0 Å². The monoisotopic (exact) mass is 386 g/mol. The standard InChI is InChI=1S/C21H23ClN2O3/c1-14-19(21(26)27)6-3-11-24(14)13-15-4-2-5-18(12-15)23-20(25)16-7-9-17(22)10-8-16/h2,4-5,7-10,12,14,19H,3,6,11,13H2,1H3,(H,23,25)(H,26,27)/t14-,19-/m1/s1. The summed E-state index contributed by atoms with van der Waals surface area (Å²) in [7, 11) is 0. The van der Waals surface area contributed by atoms with E-state index in [1.807, 2.05) is 31.2 Å². The molecule has 0 aliphatic carbocycles. The first-order valence-electron chi connectivity index (χ1n) is 9.07. The number of rotatable bonds is 5. The van der Waals surface area contributed by atoms with E-state index in [4.69, 9.17) is 11.6 Å². The summed E-state index contributed by atoms with van der Waals surface area (Å²) in [5.74, 6) is -1.25. The topological polar surface area (TPSA) is 69.6 Å². The van der Waals surface area contributed by atoms with Crippen molar-refractivity contribution in [3.8, 4) is 0 Å². The molecule has 6 heteroatoms. The zero-order chi connectivity index (χ0) is 19.4. The average molecular weight is 387 g/mol. The van der Waals surface area contributed by atoms with E-state index in [-0.39, 0.29) is 17.9 Å². The molecule has 1 saturated heterocycles. The number of anilines is 1. The summed E-state index contributed by atoms with van der Waals surface area (Å²) in [6, 6.07) is 14.4. The molecule has 1 fully saturated rings. The Labute approximate surface area is 163 Å². The summed E-state index contributed by atoms with van der Waals surface area (Å²) in [4.78, 5) is 26.0. The Kier molecular flexibility index (Phi) is 6.14. The van der Waals surface area contributed by atoms with Crippen molar-refractivity contribution < 1.29 is 14.7 Å². The molecule has 0 spiro atoms. The van der Waals surface area contributed by atoms with Crippen LogP contribution < -0.4 is 5.32 Å². The van der Waals surface area contributed by atoms with Gasteiger partial charge in [-0.25, -0.2) is 0 Å². The van der Waals surface area contributed by atoms with Gasteiger partial charge in [-0.05, 0) is 68.3 Å².